The summed E-state index contributed by atoms with van der Waals surface area (Å²) in [5.74, 6) is 0.417. The molecule has 1 amide bonds. The number of hydrogen-bond donors (Lipinski definition) is 2. The molecule has 2 aromatic rings. The maximum Gasteiger partial charge on any atom is 0.224 e. The number of fused-ring (bicyclic) bond motifs is 3. The zero-order valence-electron chi connectivity index (χ0n) is 12.9. The SMILES string of the molecule is CC.N#CCOc1cc(Cl)c(Cl)c2[nH]c3c(c12)CC(=O)NCC3. The zero-order chi connectivity index (χ0) is 17.0. The second-order valence-corrected chi connectivity index (χ2v) is 5.51. The lowest BCUT2D eigenvalue weighted by molar-refractivity contribution is -0.120. The van der Waals surface area contributed by atoms with Crippen LogP contribution in [-0.4, -0.2) is 24.0 Å². The van der Waals surface area contributed by atoms with Crippen molar-refractivity contribution in [2.24, 2.45) is 0 Å². The zero-order valence-corrected chi connectivity index (χ0v) is 14.4. The van der Waals surface area contributed by atoms with E-state index in [1.54, 1.807) is 6.07 Å². The quantitative estimate of drug-likeness (QED) is 0.865. The van der Waals surface area contributed by atoms with E-state index in [0.717, 1.165) is 16.6 Å². The Labute approximate surface area is 144 Å². The number of benzene rings is 1. The lowest BCUT2D eigenvalue weighted by atomic mass is 10.1. The number of H-pyrrole nitrogens is 1. The number of nitrogens with one attached hydrogen (secondary N) is 2. The predicted molar refractivity (Wildman–Crippen MR) is 91.2 cm³/mol. The van der Waals surface area contributed by atoms with Crippen molar-refractivity contribution in [1.82, 2.24) is 10.3 Å². The smallest absolute Gasteiger partial charge is 0.224 e. The number of amides is 1. The fraction of sp³-hybridized carbons (Fsp3) is 0.375. The van der Waals surface area contributed by atoms with E-state index in [9.17, 15) is 4.79 Å². The van der Waals surface area contributed by atoms with Gasteiger partial charge >= 0.3 is 0 Å². The summed E-state index contributed by atoms with van der Waals surface area (Å²) < 4.78 is 5.45. The van der Waals surface area contributed by atoms with Crippen LogP contribution in [0.2, 0.25) is 10.0 Å². The standard InChI is InChI=1S/C14H11Cl2N3O2.C2H6/c15-8-6-10(21-4-2-17)12-7-5-11(20)18-3-1-9(7)19-14(12)13(8)16;1-2/h6,19H,1,3-5H2,(H,18,20);1-2H3. The maximum atomic E-state index is 11.8. The average molecular weight is 354 g/mol. The number of carbonyl (C=O) groups excluding carboxylic acids is 1. The van der Waals surface area contributed by atoms with Crippen molar-refractivity contribution in [2.45, 2.75) is 26.7 Å². The Bertz CT molecular complexity index is 778. The summed E-state index contributed by atoms with van der Waals surface area (Å²) in [6, 6.07) is 3.50. The molecule has 2 N–H and O–H groups in total. The normalized spacial score (nSPS) is 13.3. The third-order valence-electron chi connectivity index (χ3n) is 3.45. The lowest BCUT2D eigenvalue weighted by Gasteiger charge is -2.08. The van der Waals surface area contributed by atoms with Gasteiger partial charge in [-0.1, -0.05) is 37.0 Å². The number of aromatic amines is 1. The monoisotopic (exact) mass is 353 g/mol. The van der Waals surface area contributed by atoms with Gasteiger partial charge in [-0.25, -0.2) is 0 Å². The Balaban J connectivity index is 0.000000924. The van der Waals surface area contributed by atoms with Gasteiger partial charge in [0.1, 0.15) is 11.8 Å². The summed E-state index contributed by atoms with van der Waals surface area (Å²) >= 11 is 12.3. The van der Waals surface area contributed by atoms with E-state index in [1.807, 2.05) is 19.9 Å². The summed E-state index contributed by atoms with van der Waals surface area (Å²) in [6.07, 6.45) is 0.928. The van der Waals surface area contributed by atoms with Crippen LogP contribution in [-0.2, 0) is 17.6 Å². The number of hydrogen-bond acceptors (Lipinski definition) is 3. The highest BCUT2D eigenvalue weighted by atomic mass is 35.5. The van der Waals surface area contributed by atoms with E-state index in [2.05, 4.69) is 10.3 Å². The molecular formula is C16H17Cl2N3O2. The van der Waals surface area contributed by atoms with Crippen molar-refractivity contribution < 1.29 is 9.53 Å². The Kier molecular flexibility index (Phi) is 5.75. The highest BCUT2D eigenvalue weighted by Crippen LogP contribution is 2.40. The lowest BCUT2D eigenvalue weighted by Crippen LogP contribution is -2.24. The topological polar surface area (TPSA) is 77.9 Å². The van der Waals surface area contributed by atoms with Crippen LogP contribution in [0.25, 0.3) is 10.9 Å². The minimum absolute atomic E-state index is 0.0491. The molecule has 0 spiro atoms. The van der Waals surface area contributed by atoms with Gasteiger partial charge in [-0.2, -0.15) is 5.26 Å². The van der Waals surface area contributed by atoms with Gasteiger partial charge in [0.2, 0.25) is 5.91 Å². The Morgan fingerprint density at radius 1 is 1.39 bits per heavy atom. The summed E-state index contributed by atoms with van der Waals surface area (Å²) in [5, 5.41) is 13.0. The molecule has 1 aliphatic rings. The summed E-state index contributed by atoms with van der Waals surface area (Å²) in [5.41, 5.74) is 2.44. The van der Waals surface area contributed by atoms with Gasteiger partial charge in [0.15, 0.2) is 6.61 Å². The molecular weight excluding hydrogens is 337 g/mol. The minimum atomic E-state index is -0.0980. The average Bonchev–Trinajstić information content (AvgIpc) is 2.80. The highest BCUT2D eigenvalue weighted by molar-refractivity contribution is 6.45. The van der Waals surface area contributed by atoms with Gasteiger partial charge in [-0.05, 0) is 5.56 Å². The second-order valence-electron chi connectivity index (χ2n) is 4.73. The molecule has 0 atom stereocenters. The maximum absolute atomic E-state index is 11.8. The molecule has 7 heteroatoms. The number of rotatable bonds is 2. The molecule has 3 rings (SSSR count). The van der Waals surface area contributed by atoms with E-state index < -0.39 is 0 Å². The largest absolute Gasteiger partial charge is 0.478 e. The Morgan fingerprint density at radius 2 is 2.13 bits per heavy atom. The first kappa shape index (κ1) is 17.5. The second kappa shape index (κ2) is 7.58. The molecule has 0 fully saturated rings. The van der Waals surface area contributed by atoms with E-state index in [-0.39, 0.29) is 18.9 Å². The molecule has 0 unspecified atom stereocenters. The molecule has 0 saturated heterocycles. The minimum Gasteiger partial charge on any atom is -0.478 e. The fourth-order valence-electron chi connectivity index (χ4n) is 2.58. The molecule has 5 nitrogen and oxygen atoms in total. The van der Waals surface area contributed by atoms with E-state index in [0.29, 0.717) is 34.3 Å². The van der Waals surface area contributed by atoms with Crippen LogP contribution in [0, 0.1) is 11.3 Å². The molecule has 0 radical (unpaired) electrons. The number of aromatic nitrogens is 1. The van der Waals surface area contributed by atoms with Crippen LogP contribution in [0.3, 0.4) is 0 Å². The van der Waals surface area contributed by atoms with Gasteiger partial charge < -0.3 is 15.0 Å². The summed E-state index contributed by atoms with van der Waals surface area (Å²) in [4.78, 5) is 15.0. The number of halogens is 2. The van der Waals surface area contributed by atoms with Gasteiger partial charge in [-0.3, -0.25) is 4.79 Å². The summed E-state index contributed by atoms with van der Waals surface area (Å²) in [6.45, 7) is 4.47. The van der Waals surface area contributed by atoms with E-state index >= 15 is 0 Å². The van der Waals surface area contributed by atoms with Crippen LogP contribution in [0.1, 0.15) is 25.1 Å². The van der Waals surface area contributed by atoms with Crippen LogP contribution in [0.5, 0.6) is 5.75 Å². The molecule has 0 aliphatic carbocycles. The third-order valence-corrected chi connectivity index (χ3v) is 4.24. The van der Waals surface area contributed by atoms with Crippen molar-refractivity contribution in [3.63, 3.8) is 0 Å². The molecule has 0 bridgehead atoms. The van der Waals surface area contributed by atoms with Gasteiger partial charge in [0.25, 0.3) is 0 Å². The molecule has 1 aromatic carbocycles. The number of nitriles is 1. The van der Waals surface area contributed by atoms with Gasteiger partial charge in [-0.15, -0.1) is 0 Å². The molecule has 1 aromatic heterocycles. The fourth-order valence-corrected chi connectivity index (χ4v) is 2.97. The highest BCUT2D eigenvalue weighted by Gasteiger charge is 2.23. The molecule has 1 aliphatic heterocycles. The molecule has 122 valence electrons. The Morgan fingerprint density at radius 3 is 2.83 bits per heavy atom. The number of carbonyl (C=O) groups is 1. The van der Waals surface area contributed by atoms with E-state index in [1.165, 1.54) is 0 Å². The molecule has 2 heterocycles. The van der Waals surface area contributed by atoms with Crippen molar-refractivity contribution >= 4 is 40.0 Å². The van der Waals surface area contributed by atoms with Crippen molar-refractivity contribution in [1.29, 1.82) is 5.26 Å². The molecule has 0 saturated carbocycles. The van der Waals surface area contributed by atoms with Crippen molar-refractivity contribution in [3.05, 3.63) is 27.4 Å². The van der Waals surface area contributed by atoms with Crippen molar-refractivity contribution in [3.8, 4) is 11.8 Å². The Hall–Kier alpha value is -1.90. The first-order valence-corrected chi connectivity index (χ1v) is 8.15. The van der Waals surface area contributed by atoms with Crippen LogP contribution >= 0.6 is 23.2 Å². The van der Waals surface area contributed by atoms with Gasteiger partial charge in [0.05, 0.1) is 22.0 Å². The van der Waals surface area contributed by atoms with Crippen molar-refractivity contribution in [2.75, 3.05) is 13.2 Å². The summed E-state index contributed by atoms with van der Waals surface area (Å²) in [7, 11) is 0. The van der Waals surface area contributed by atoms with Crippen LogP contribution in [0.4, 0.5) is 0 Å². The number of ether oxygens (including phenoxy) is 1. The molecule has 23 heavy (non-hydrogen) atoms. The van der Waals surface area contributed by atoms with Crippen LogP contribution in [0.15, 0.2) is 6.07 Å². The van der Waals surface area contributed by atoms with Gasteiger partial charge in [0, 0.05) is 30.1 Å². The predicted octanol–water partition coefficient (Wildman–Crippen LogP) is 3.62. The van der Waals surface area contributed by atoms with E-state index in [4.69, 9.17) is 33.2 Å². The number of nitrogens with zero attached hydrogens (tertiary/aromatic N) is 1. The third kappa shape index (κ3) is 3.39. The first-order chi connectivity index (χ1) is 11.1. The first-order valence-electron chi connectivity index (χ1n) is 7.39. The van der Waals surface area contributed by atoms with Crippen LogP contribution < -0.4 is 10.1 Å².